The van der Waals surface area contributed by atoms with Crippen LogP contribution in [-0.2, 0) is 6.42 Å². The summed E-state index contributed by atoms with van der Waals surface area (Å²) in [6.07, 6.45) is 2.34. The van der Waals surface area contributed by atoms with Crippen molar-refractivity contribution in [1.82, 2.24) is 14.9 Å². The third-order valence-corrected chi connectivity index (χ3v) is 5.46. The van der Waals surface area contributed by atoms with Crippen LogP contribution in [0.15, 0.2) is 60.8 Å². The second kappa shape index (κ2) is 8.95. The molecule has 0 spiro atoms. The van der Waals surface area contributed by atoms with Gasteiger partial charge in [0, 0.05) is 38.8 Å². The number of benzene rings is 2. The Bertz CT molecular complexity index is 1010. The van der Waals surface area contributed by atoms with Crippen LogP contribution in [-0.4, -0.2) is 54.1 Å². The molecule has 2 heterocycles. The molecule has 6 nitrogen and oxygen atoms in total. The van der Waals surface area contributed by atoms with Gasteiger partial charge in [0.05, 0.1) is 24.1 Å². The van der Waals surface area contributed by atoms with Crippen molar-refractivity contribution >= 4 is 11.6 Å². The van der Waals surface area contributed by atoms with E-state index in [1.807, 2.05) is 48.2 Å². The van der Waals surface area contributed by atoms with Gasteiger partial charge in [-0.2, -0.15) is 0 Å². The molecule has 1 fully saturated rings. The highest BCUT2D eigenvalue weighted by molar-refractivity contribution is 5.95. The van der Waals surface area contributed by atoms with E-state index in [1.54, 1.807) is 13.3 Å². The van der Waals surface area contributed by atoms with E-state index in [-0.39, 0.29) is 5.91 Å². The third kappa shape index (κ3) is 4.27. The van der Waals surface area contributed by atoms with Crippen LogP contribution in [0.25, 0.3) is 0 Å². The Kier molecular flexibility index (Phi) is 5.93. The van der Waals surface area contributed by atoms with E-state index in [9.17, 15) is 4.79 Å². The van der Waals surface area contributed by atoms with Crippen LogP contribution >= 0.6 is 0 Å². The van der Waals surface area contributed by atoms with Crippen molar-refractivity contribution in [1.29, 1.82) is 0 Å². The van der Waals surface area contributed by atoms with Crippen molar-refractivity contribution in [3.05, 3.63) is 83.4 Å². The molecular formula is C24H26N4O2. The predicted molar refractivity (Wildman–Crippen MR) is 117 cm³/mol. The smallest absolute Gasteiger partial charge is 0.257 e. The fourth-order valence-corrected chi connectivity index (χ4v) is 3.80. The van der Waals surface area contributed by atoms with Crippen molar-refractivity contribution in [2.75, 3.05) is 38.2 Å². The number of methoxy groups -OCH3 is 1. The molecule has 0 aliphatic carbocycles. The highest BCUT2D eigenvalue weighted by Crippen LogP contribution is 2.28. The van der Waals surface area contributed by atoms with Gasteiger partial charge in [-0.05, 0) is 24.6 Å². The van der Waals surface area contributed by atoms with Gasteiger partial charge in [-0.15, -0.1) is 0 Å². The number of aromatic nitrogens is 2. The topological polar surface area (TPSA) is 58.6 Å². The van der Waals surface area contributed by atoms with Gasteiger partial charge in [0.2, 0.25) is 0 Å². The minimum atomic E-state index is -0.00145. The first-order valence-electron chi connectivity index (χ1n) is 10.2. The molecule has 154 valence electrons. The van der Waals surface area contributed by atoms with Crippen molar-refractivity contribution < 1.29 is 9.53 Å². The maximum Gasteiger partial charge on any atom is 0.257 e. The van der Waals surface area contributed by atoms with E-state index in [2.05, 4.69) is 33.1 Å². The summed E-state index contributed by atoms with van der Waals surface area (Å²) in [5, 5.41) is 0. The average molecular weight is 402 g/mol. The molecule has 1 aromatic heterocycles. The van der Waals surface area contributed by atoms with Crippen LogP contribution in [0.2, 0.25) is 0 Å². The normalized spacial score (nSPS) is 13.9. The summed E-state index contributed by atoms with van der Waals surface area (Å²) in [6, 6.07) is 18.1. The Morgan fingerprint density at radius 2 is 1.70 bits per heavy atom. The standard InChI is InChI=1S/C24H26N4O2/c1-18-20(17-25-23(26-18)16-19-8-4-3-5-9-19)24(29)28-14-12-27(13-15-28)21-10-6-7-11-22(21)30-2/h3-11,17H,12-16H2,1-2H3. The first-order valence-corrected chi connectivity index (χ1v) is 10.2. The average Bonchev–Trinajstić information content (AvgIpc) is 2.79. The van der Waals surface area contributed by atoms with Gasteiger partial charge in [-0.1, -0.05) is 42.5 Å². The molecule has 0 bridgehead atoms. The number of piperazine rings is 1. The molecule has 1 aliphatic rings. The Morgan fingerprint density at radius 3 is 2.40 bits per heavy atom. The van der Waals surface area contributed by atoms with Gasteiger partial charge in [-0.3, -0.25) is 4.79 Å². The van der Waals surface area contributed by atoms with Gasteiger partial charge in [0.1, 0.15) is 11.6 Å². The second-order valence-electron chi connectivity index (χ2n) is 7.40. The van der Waals surface area contributed by atoms with Crippen LogP contribution < -0.4 is 9.64 Å². The van der Waals surface area contributed by atoms with Crippen molar-refractivity contribution in [2.24, 2.45) is 0 Å². The van der Waals surface area contributed by atoms with Gasteiger partial charge in [-0.25, -0.2) is 9.97 Å². The molecule has 30 heavy (non-hydrogen) atoms. The molecule has 0 unspecified atom stereocenters. The first kappa shape index (κ1) is 19.9. The highest BCUT2D eigenvalue weighted by atomic mass is 16.5. The minimum Gasteiger partial charge on any atom is -0.495 e. The fourth-order valence-electron chi connectivity index (χ4n) is 3.80. The Morgan fingerprint density at radius 1 is 1.00 bits per heavy atom. The molecule has 0 radical (unpaired) electrons. The summed E-state index contributed by atoms with van der Waals surface area (Å²) < 4.78 is 5.47. The molecule has 4 rings (SSSR count). The Hall–Kier alpha value is -3.41. The van der Waals surface area contributed by atoms with Gasteiger partial charge >= 0.3 is 0 Å². The Labute approximate surface area is 177 Å². The summed E-state index contributed by atoms with van der Waals surface area (Å²) in [5.74, 6) is 1.59. The number of hydrogen-bond acceptors (Lipinski definition) is 5. The van der Waals surface area contributed by atoms with Crippen LogP contribution in [0.5, 0.6) is 5.75 Å². The van der Waals surface area contributed by atoms with E-state index >= 15 is 0 Å². The molecule has 1 aliphatic heterocycles. The number of carbonyl (C=O) groups is 1. The molecule has 0 saturated carbocycles. The molecule has 3 aromatic rings. The fraction of sp³-hybridized carbons (Fsp3) is 0.292. The quantitative estimate of drug-likeness (QED) is 0.655. The van der Waals surface area contributed by atoms with Crippen LogP contribution in [0.3, 0.4) is 0 Å². The molecule has 6 heteroatoms. The lowest BCUT2D eigenvalue weighted by atomic mass is 10.1. The van der Waals surface area contributed by atoms with Crippen molar-refractivity contribution in [2.45, 2.75) is 13.3 Å². The molecule has 1 saturated heterocycles. The summed E-state index contributed by atoms with van der Waals surface area (Å²) in [6.45, 7) is 4.72. The number of para-hydroxylation sites is 2. The lowest BCUT2D eigenvalue weighted by molar-refractivity contribution is 0.0745. The van der Waals surface area contributed by atoms with E-state index < -0.39 is 0 Å². The number of hydrogen-bond donors (Lipinski definition) is 0. The van der Waals surface area contributed by atoms with Crippen LogP contribution in [0, 0.1) is 6.92 Å². The maximum absolute atomic E-state index is 13.1. The lowest BCUT2D eigenvalue weighted by Gasteiger charge is -2.36. The maximum atomic E-state index is 13.1. The van der Waals surface area contributed by atoms with Crippen LogP contribution in [0.4, 0.5) is 5.69 Å². The van der Waals surface area contributed by atoms with Crippen molar-refractivity contribution in [3.63, 3.8) is 0 Å². The molecule has 0 atom stereocenters. The first-order chi connectivity index (χ1) is 14.7. The zero-order chi connectivity index (χ0) is 20.9. The van der Waals surface area contributed by atoms with E-state index in [0.29, 0.717) is 25.1 Å². The number of rotatable bonds is 5. The predicted octanol–water partition coefficient (Wildman–Crippen LogP) is 3.35. The molecule has 0 N–H and O–H groups in total. The third-order valence-electron chi connectivity index (χ3n) is 5.46. The second-order valence-corrected chi connectivity index (χ2v) is 7.40. The molecular weight excluding hydrogens is 376 g/mol. The number of nitrogens with zero attached hydrogens (tertiary/aromatic N) is 4. The number of amides is 1. The number of ether oxygens (including phenoxy) is 1. The summed E-state index contributed by atoms with van der Waals surface area (Å²) in [7, 11) is 1.68. The van der Waals surface area contributed by atoms with Gasteiger partial charge in [0.25, 0.3) is 5.91 Å². The van der Waals surface area contributed by atoms with E-state index in [4.69, 9.17) is 4.74 Å². The van der Waals surface area contributed by atoms with Crippen molar-refractivity contribution in [3.8, 4) is 5.75 Å². The largest absolute Gasteiger partial charge is 0.495 e. The van der Waals surface area contributed by atoms with Gasteiger partial charge < -0.3 is 14.5 Å². The number of carbonyl (C=O) groups excluding carboxylic acids is 1. The summed E-state index contributed by atoms with van der Waals surface area (Å²) in [4.78, 5) is 26.2. The van der Waals surface area contributed by atoms with E-state index in [0.717, 1.165) is 41.6 Å². The zero-order valence-corrected chi connectivity index (χ0v) is 17.4. The minimum absolute atomic E-state index is 0.00145. The molecule has 1 amide bonds. The number of aryl methyl sites for hydroxylation is 1. The zero-order valence-electron chi connectivity index (χ0n) is 17.4. The lowest BCUT2D eigenvalue weighted by Crippen LogP contribution is -2.49. The molecule has 2 aromatic carbocycles. The summed E-state index contributed by atoms with van der Waals surface area (Å²) in [5.41, 5.74) is 3.53. The van der Waals surface area contributed by atoms with Gasteiger partial charge in [0.15, 0.2) is 0 Å². The Balaban J connectivity index is 1.41. The van der Waals surface area contributed by atoms with E-state index in [1.165, 1.54) is 0 Å². The van der Waals surface area contributed by atoms with Crippen LogP contribution in [0.1, 0.15) is 27.4 Å². The monoisotopic (exact) mass is 402 g/mol. The highest BCUT2D eigenvalue weighted by Gasteiger charge is 2.25. The SMILES string of the molecule is COc1ccccc1N1CCN(C(=O)c2cnc(Cc3ccccc3)nc2C)CC1. The summed E-state index contributed by atoms with van der Waals surface area (Å²) >= 11 is 0. The number of anilines is 1.